The van der Waals surface area contributed by atoms with Gasteiger partial charge in [-0.05, 0) is 32.2 Å². The van der Waals surface area contributed by atoms with E-state index in [1.54, 1.807) is 0 Å². The molecule has 2 N–H and O–H groups in total. The van der Waals surface area contributed by atoms with E-state index in [9.17, 15) is 0 Å². The lowest BCUT2D eigenvalue weighted by Crippen LogP contribution is -2.42. The molecule has 76 valence electrons. The van der Waals surface area contributed by atoms with E-state index in [1.165, 1.54) is 0 Å². The molecule has 3 nitrogen and oxygen atoms in total. The minimum Gasteiger partial charge on any atom is -0.396 e. The van der Waals surface area contributed by atoms with Crippen molar-refractivity contribution in [1.82, 2.24) is 5.32 Å². The predicted molar refractivity (Wildman–Crippen MR) is 53.2 cm³/mol. The topological polar surface area (TPSA) is 56.0 Å². The molecule has 0 saturated heterocycles. The van der Waals surface area contributed by atoms with E-state index in [4.69, 9.17) is 10.4 Å². The first-order chi connectivity index (χ1) is 6.04. The van der Waals surface area contributed by atoms with Crippen molar-refractivity contribution in [3.05, 3.63) is 0 Å². The number of nitriles is 1. The van der Waals surface area contributed by atoms with Gasteiger partial charge in [0.1, 0.15) is 5.54 Å². The maximum absolute atomic E-state index is 8.96. The molecule has 0 rings (SSSR count). The summed E-state index contributed by atoms with van der Waals surface area (Å²) in [5, 5.41) is 20.7. The van der Waals surface area contributed by atoms with Gasteiger partial charge in [-0.3, -0.25) is 5.32 Å². The smallest absolute Gasteiger partial charge is 0.104 e. The summed E-state index contributed by atoms with van der Waals surface area (Å²) in [4.78, 5) is 0. The Labute approximate surface area is 80.8 Å². The summed E-state index contributed by atoms with van der Waals surface area (Å²) in [7, 11) is 0. The van der Waals surface area contributed by atoms with Gasteiger partial charge in [0.15, 0.2) is 0 Å². The average molecular weight is 184 g/mol. The number of nitrogens with zero attached hydrogens (tertiary/aromatic N) is 1. The van der Waals surface area contributed by atoms with Crippen LogP contribution in [-0.4, -0.2) is 23.8 Å². The van der Waals surface area contributed by atoms with E-state index < -0.39 is 5.54 Å². The van der Waals surface area contributed by atoms with E-state index in [0.717, 1.165) is 6.42 Å². The van der Waals surface area contributed by atoms with Gasteiger partial charge in [-0.15, -0.1) is 0 Å². The molecule has 0 amide bonds. The first-order valence-corrected chi connectivity index (χ1v) is 4.81. The van der Waals surface area contributed by atoms with E-state index in [0.29, 0.717) is 18.9 Å². The van der Waals surface area contributed by atoms with E-state index in [-0.39, 0.29) is 6.61 Å². The minimum absolute atomic E-state index is 0.177. The van der Waals surface area contributed by atoms with Crippen molar-refractivity contribution in [3.8, 4) is 6.07 Å². The summed E-state index contributed by atoms with van der Waals surface area (Å²) in [6.07, 6.45) is 1.55. The molecule has 3 heteroatoms. The molecular weight excluding hydrogens is 164 g/mol. The molecule has 0 aliphatic carbocycles. The van der Waals surface area contributed by atoms with Crippen LogP contribution in [-0.2, 0) is 0 Å². The summed E-state index contributed by atoms with van der Waals surface area (Å²) in [6, 6.07) is 2.28. The number of aliphatic hydroxyl groups is 1. The van der Waals surface area contributed by atoms with E-state index >= 15 is 0 Å². The molecule has 0 radical (unpaired) electrons. The fourth-order valence-corrected chi connectivity index (χ4v) is 1.42. The molecule has 0 heterocycles. The zero-order chi connectivity index (χ0) is 10.3. The predicted octanol–water partition coefficient (Wildman–Crippen LogP) is 1.29. The van der Waals surface area contributed by atoms with Gasteiger partial charge in [0, 0.05) is 6.61 Å². The highest BCUT2D eigenvalue weighted by Crippen LogP contribution is 2.15. The van der Waals surface area contributed by atoms with Crippen molar-refractivity contribution in [2.45, 2.75) is 39.2 Å². The van der Waals surface area contributed by atoms with Gasteiger partial charge in [0.2, 0.25) is 0 Å². The molecule has 0 bridgehead atoms. The van der Waals surface area contributed by atoms with Gasteiger partial charge < -0.3 is 5.11 Å². The molecule has 0 aliphatic rings. The molecule has 0 aromatic heterocycles. The van der Waals surface area contributed by atoms with Gasteiger partial charge in [0.25, 0.3) is 0 Å². The first-order valence-electron chi connectivity index (χ1n) is 4.81. The summed E-state index contributed by atoms with van der Waals surface area (Å²) in [5.74, 6) is 0.506. The Morgan fingerprint density at radius 3 is 2.54 bits per heavy atom. The number of nitrogens with one attached hydrogen (secondary N) is 1. The summed E-state index contributed by atoms with van der Waals surface area (Å²) in [6.45, 7) is 6.99. The maximum atomic E-state index is 8.96. The van der Waals surface area contributed by atoms with Crippen LogP contribution in [0.5, 0.6) is 0 Å². The molecule has 0 aromatic carbocycles. The Morgan fingerprint density at radius 1 is 1.54 bits per heavy atom. The highest BCUT2D eigenvalue weighted by Gasteiger charge is 2.23. The zero-order valence-electron chi connectivity index (χ0n) is 8.80. The fourth-order valence-electron chi connectivity index (χ4n) is 1.42. The van der Waals surface area contributed by atoms with Crippen molar-refractivity contribution in [2.24, 2.45) is 5.92 Å². The normalized spacial score (nSPS) is 15.4. The lowest BCUT2D eigenvalue weighted by molar-refractivity contribution is 0.274. The minimum atomic E-state index is -0.441. The number of aliphatic hydroxyl groups excluding tert-OH is 1. The lowest BCUT2D eigenvalue weighted by atomic mass is 9.92. The molecule has 0 saturated carbocycles. The molecule has 0 aromatic rings. The molecule has 13 heavy (non-hydrogen) atoms. The van der Waals surface area contributed by atoms with Crippen LogP contribution in [0.25, 0.3) is 0 Å². The molecule has 0 aliphatic heterocycles. The van der Waals surface area contributed by atoms with Crippen LogP contribution >= 0.6 is 0 Å². The number of hydrogen-bond acceptors (Lipinski definition) is 3. The van der Waals surface area contributed by atoms with E-state index in [2.05, 4.69) is 25.2 Å². The van der Waals surface area contributed by atoms with Crippen LogP contribution in [0.2, 0.25) is 0 Å². The Balaban J connectivity index is 3.91. The Morgan fingerprint density at radius 2 is 2.15 bits per heavy atom. The van der Waals surface area contributed by atoms with Crippen molar-refractivity contribution >= 4 is 0 Å². The highest BCUT2D eigenvalue weighted by molar-refractivity contribution is 5.03. The number of hydrogen-bond donors (Lipinski definition) is 2. The zero-order valence-corrected chi connectivity index (χ0v) is 8.80. The van der Waals surface area contributed by atoms with Crippen molar-refractivity contribution in [3.63, 3.8) is 0 Å². The summed E-state index contributed by atoms with van der Waals surface area (Å²) >= 11 is 0. The molecule has 0 fully saturated rings. The van der Waals surface area contributed by atoms with Gasteiger partial charge in [-0.1, -0.05) is 13.8 Å². The summed E-state index contributed by atoms with van der Waals surface area (Å²) in [5.41, 5.74) is -0.441. The Bertz CT molecular complexity index is 174. The van der Waals surface area contributed by atoms with Gasteiger partial charge >= 0.3 is 0 Å². The van der Waals surface area contributed by atoms with Crippen LogP contribution in [0.1, 0.15) is 33.6 Å². The van der Waals surface area contributed by atoms with Crippen LogP contribution < -0.4 is 5.32 Å². The van der Waals surface area contributed by atoms with E-state index in [1.807, 2.05) is 6.92 Å². The van der Waals surface area contributed by atoms with Crippen LogP contribution in [0.3, 0.4) is 0 Å². The van der Waals surface area contributed by atoms with Gasteiger partial charge in [-0.25, -0.2) is 0 Å². The highest BCUT2D eigenvalue weighted by atomic mass is 16.3. The second-order valence-corrected chi connectivity index (χ2v) is 4.05. The van der Waals surface area contributed by atoms with Crippen molar-refractivity contribution in [1.29, 1.82) is 5.26 Å². The quantitative estimate of drug-likeness (QED) is 0.611. The lowest BCUT2D eigenvalue weighted by Gasteiger charge is -2.24. The Kier molecular flexibility index (Phi) is 5.68. The third kappa shape index (κ3) is 5.62. The molecular formula is C10H20N2O. The fraction of sp³-hybridized carbons (Fsp3) is 0.900. The van der Waals surface area contributed by atoms with Crippen molar-refractivity contribution in [2.75, 3.05) is 13.2 Å². The monoisotopic (exact) mass is 184 g/mol. The van der Waals surface area contributed by atoms with Crippen LogP contribution in [0.15, 0.2) is 0 Å². The third-order valence-electron chi connectivity index (χ3n) is 1.91. The first kappa shape index (κ1) is 12.4. The maximum Gasteiger partial charge on any atom is 0.104 e. The van der Waals surface area contributed by atoms with Gasteiger partial charge in [0.05, 0.1) is 6.07 Å². The van der Waals surface area contributed by atoms with Gasteiger partial charge in [-0.2, -0.15) is 5.26 Å². The standard InChI is InChI=1S/C10H20N2O/c1-9(2)7-10(3,8-11)12-5-4-6-13/h9,12-13H,4-7H2,1-3H3. The number of rotatable bonds is 6. The second-order valence-electron chi connectivity index (χ2n) is 4.05. The third-order valence-corrected chi connectivity index (χ3v) is 1.91. The van der Waals surface area contributed by atoms with Crippen LogP contribution in [0, 0.1) is 17.2 Å². The molecule has 1 unspecified atom stereocenters. The molecule has 0 spiro atoms. The Hall–Kier alpha value is -0.590. The largest absolute Gasteiger partial charge is 0.396 e. The average Bonchev–Trinajstić information content (AvgIpc) is 2.04. The summed E-state index contributed by atoms with van der Waals surface area (Å²) < 4.78 is 0. The van der Waals surface area contributed by atoms with Crippen molar-refractivity contribution < 1.29 is 5.11 Å². The SMILES string of the molecule is CC(C)CC(C)(C#N)NCCCO. The molecule has 1 atom stereocenters. The second kappa shape index (κ2) is 5.95. The van der Waals surface area contributed by atoms with Crippen LogP contribution in [0.4, 0.5) is 0 Å².